The Morgan fingerprint density at radius 3 is 1.31 bits per heavy atom. The highest BCUT2D eigenvalue weighted by Crippen LogP contribution is 2.40. The molecule has 0 bridgehead atoms. The zero-order valence-electron chi connectivity index (χ0n) is 31.6. The van der Waals surface area contributed by atoms with Crippen LogP contribution in [0.2, 0.25) is 0 Å². The average Bonchev–Trinajstić information content (AvgIpc) is 3.81. The minimum Gasteiger partial charge on any atom is -0.309 e. The van der Waals surface area contributed by atoms with Crippen LogP contribution >= 0.6 is 0 Å². The Morgan fingerprint density at radius 1 is 0.305 bits per heavy atom. The molecule has 0 saturated heterocycles. The van der Waals surface area contributed by atoms with E-state index < -0.39 is 0 Å². The molecule has 0 spiro atoms. The highest BCUT2D eigenvalue weighted by molar-refractivity contribution is 6.21. The first-order valence-electron chi connectivity index (χ1n) is 19.7. The van der Waals surface area contributed by atoms with Crippen molar-refractivity contribution in [2.24, 2.45) is 0 Å². The van der Waals surface area contributed by atoms with Crippen LogP contribution in [0.3, 0.4) is 0 Å². The zero-order chi connectivity index (χ0) is 39.0. The molecule has 12 aromatic rings. The van der Waals surface area contributed by atoms with E-state index in [-0.39, 0.29) is 5.56 Å². The van der Waals surface area contributed by atoms with E-state index in [9.17, 15) is 0 Å². The first-order valence-corrected chi connectivity index (χ1v) is 19.7. The van der Waals surface area contributed by atoms with E-state index in [2.05, 4.69) is 94.1 Å². The van der Waals surface area contributed by atoms with Gasteiger partial charge in [-0.1, -0.05) is 133 Å². The van der Waals surface area contributed by atoms with Gasteiger partial charge in [0.05, 0.1) is 33.0 Å². The molecule has 7 heteroatoms. The lowest BCUT2D eigenvalue weighted by Gasteiger charge is -2.16. The fraction of sp³-hybridized carbons (Fsp3) is 0. The minimum absolute atomic E-state index is 0.107. The third-order valence-electron chi connectivity index (χ3n) is 11.5. The van der Waals surface area contributed by atoms with Crippen molar-refractivity contribution in [3.05, 3.63) is 204 Å². The maximum Gasteiger partial charge on any atom is 0.263 e. The van der Waals surface area contributed by atoms with Crippen molar-refractivity contribution in [3.63, 3.8) is 0 Å². The van der Waals surface area contributed by atoms with Crippen LogP contribution in [0, 0.1) is 0 Å². The van der Waals surface area contributed by atoms with Gasteiger partial charge < -0.3 is 4.57 Å². The summed E-state index contributed by atoms with van der Waals surface area (Å²) >= 11 is 0. The van der Waals surface area contributed by atoms with Crippen LogP contribution in [0.25, 0.3) is 105 Å². The van der Waals surface area contributed by atoms with Crippen LogP contribution in [0.15, 0.2) is 199 Å². The molecular formula is C52H32N6O. The van der Waals surface area contributed by atoms with Gasteiger partial charge in [0.1, 0.15) is 0 Å². The summed E-state index contributed by atoms with van der Waals surface area (Å²) in [7, 11) is 0. The van der Waals surface area contributed by atoms with Crippen molar-refractivity contribution in [1.82, 2.24) is 28.7 Å². The summed E-state index contributed by atoms with van der Waals surface area (Å²) in [5, 5.41) is 6.78. The van der Waals surface area contributed by atoms with Gasteiger partial charge in [-0.3, -0.25) is 13.9 Å². The molecule has 0 fully saturated rings. The van der Waals surface area contributed by atoms with Crippen molar-refractivity contribution in [2.75, 3.05) is 0 Å². The second-order valence-corrected chi connectivity index (χ2v) is 14.8. The first kappa shape index (κ1) is 33.0. The molecule has 0 unspecified atom stereocenters. The van der Waals surface area contributed by atoms with Gasteiger partial charge in [0.25, 0.3) is 5.56 Å². The smallest absolute Gasteiger partial charge is 0.263 e. The second-order valence-electron chi connectivity index (χ2n) is 14.8. The number of aromatic nitrogens is 6. The predicted molar refractivity (Wildman–Crippen MR) is 240 cm³/mol. The van der Waals surface area contributed by atoms with Crippen LogP contribution in [-0.4, -0.2) is 28.7 Å². The monoisotopic (exact) mass is 756 g/mol. The van der Waals surface area contributed by atoms with Gasteiger partial charge in [0, 0.05) is 49.4 Å². The normalized spacial score (nSPS) is 11.8. The summed E-state index contributed by atoms with van der Waals surface area (Å²) in [6.45, 7) is 0. The minimum atomic E-state index is -0.107. The average molecular weight is 757 g/mol. The third-order valence-corrected chi connectivity index (χ3v) is 11.5. The van der Waals surface area contributed by atoms with E-state index in [1.807, 2.05) is 114 Å². The number of nitrogens with zero attached hydrogens (tertiary/aromatic N) is 6. The highest BCUT2D eigenvalue weighted by atomic mass is 16.1. The van der Waals surface area contributed by atoms with Crippen LogP contribution in [0.5, 0.6) is 0 Å². The van der Waals surface area contributed by atoms with Crippen molar-refractivity contribution in [2.45, 2.75) is 0 Å². The van der Waals surface area contributed by atoms with E-state index in [1.165, 1.54) is 0 Å². The SMILES string of the molecule is O=c1c2cc3c(cc2c2cc4c5ccccc5n(-c5ccccc5)c4cc2n1-c1ccccc1)c1ccccc1n3-c1nc(-c2ccccc2)nc(-c2ccccc2)n1. The molecule has 276 valence electrons. The lowest BCUT2D eigenvalue weighted by molar-refractivity contribution is 0.953. The van der Waals surface area contributed by atoms with Gasteiger partial charge in [-0.05, 0) is 66.0 Å². The Bertz CT molecular complexity index is 3610. The number of benzene rings is 8. The summed E-state index contributed by atoms with van der Waals surface area (Å²) in [4.78, 5) is 30.5. The quantitative estimate of drug-likeness (QED) is 0.164. The highest BCUT2D eigenvalue weighted by Gasteiger charge is 2.22. The molecule has 0 N–H and O–H groups in total. The Morgan fingerprint density at radius 2 is 0.729 bits per heavy atom. The van der Waals surface area contributed by atoms with Gasteiger partial charge in [-0.25, -0.2) is 4.98 Å². The van der Waals surface area contributed by atoms with E-state index in [0.717, 1.165) is 82.4 Å². The molecule has 0 amide bonds. The maximum atomic E-state index is 15.3. The lowest BCUT2D eigenvalue weighted by atomic mass is 10.0. The molecule has 4 heterocycles. The van der Waals surface area contributed by atoms with Crippen LogP contribution < -0.4 is 5.56 Å². The lowest BCUT2D eigenvalue weighted by Crippen LogP contribution is -2.19. The van der Waals surface area contributed by atoms with Gasteiger partial charge in [0.2, 0.25) is 5.95 Å². The number of fused-ring (bicyclic) bond motifs is 9. The molecule has 0 aliphatic rings. The van der Waals surface area contributed by atoms with Crippen LogP contribution in [0.1, 0.15) is 0 Å². The number of hydrogen-bond donors (Lipinski definition) is 0. The number of rotatable bonds is 5. The fourth-order valence-corrected chi connectivity index (χ4v) is 8.85. The molecule has 8 aromatic carbocycles. The fourth-order valence-electron chi connectivity index (χ4n) is 8.85. The molecule has 0 saturated carbocycles. The molecule has 0 aliphatic carbocycles. The summed E-state index contributed by atoms with van der Waals surface area (Å²) in [5.74, 6) is 1.61. The molecule has 0 radical (unpaired) electrons. The molecule has 0 atom stereocenters. The van der Waals surface area contributed by atoms with E-state index in [1.54, 1.807) is 0 Å². The van der Waals surface area contributed by atoms with Crippen LogP contribution in [0.4, 0.5) is 0 Å². The third kappa shape index (κ3) is 5.08. The Balaban J connectivity index is 1.22. The topological polar surface area (TPSA) is 70.5 Å². The van der Waals surface area contributed by atoms with Gasteiger partial charge >= 0.3 is 0 Å². The Kier molecular flexibility index (Phi) is 7.24. The number of para-hydroxylation sites is 4. The van der Waals surface area contributed by atoms with Crippen molar-refractivity contribution >= 4 is 65.3 Å². The summed E-state index contributed by atoms with van der Waals surface area (Å²) < 4.78 is 6.25. The Labute approximate surface area is 337 Å². The van der Waals surface area contributed by atoms with Gasteiger partial charge in [0.15, 0.2) is 11.6 Å². The number of hydrogen-bond acceptors (Lipinski definition) is 4. The van der Waals surface area contributed by atoms with Crippen molar-refractivity contribution in [1.29, 1.82) is 0 Å². The molecule has 59 heavy (non-hydrogen) atoms. The molecule has 12 rings (SSSR count). The van der Waals surface area contributed by atoms with E-state index >= 15 is 4.79 Å². The predicted octanol–water partition coefficient (Wildman–Crippen LogP) is 11.9. The standard InChI is InChI=1S/C52H32N6O/c59-51-43-31-46-40(38-26-14-16-28-45(38)58(46)52-54-49(33-17-5-1-6-18-33)53-50(55-52)34-19-7-2-8-20-34)29-39(43)42-30-41-37-25-13-15-27-44(37)56(35-21-9-3-10-22-35)47(41)32-48(42)57(51)36-23-11-4-12-24-36/h1-32H. The van der Waals surface area contributed by atoms with E-state index in [0.29, 0.717) is 23.0 Å². The van der Waals surface area contributed by atoms with Gasteiger partial charge in [-0.15, -0.1) is 0 Å². The molecular weight excluding hydrogens is 725 g/mol. The summed E-state index contributed by atoms with van der Waals surface area (Å²) in [5.41, 5.74) is 8.26. The maximum absolute atomic E-state index is 15.3. The van der Waals surface area contributed by atoms with Crippen molar-refractivity contribution in [3.8, 4) is 40.1 Å². The summed E-state index contributed by atoms with van der Waals surface area (Å²) in [6, 6.07) is 65.9. The second kappa shape index (κ2) is 12.9. The molecule has 0 aliphatic heterocycles. The molecule has 7 nitrogen and oxygen atoms in total. The number of pyridine rings is 1. The van der Waals surface area contributed by atoms with Crippen LogP contribution in [-0.2, 0) is 0 Å². The zero-order valence-corrected chi connectivity index (χ0v) is 31.6. The first-order chi connectivity index (χ1) is 29.2. The van der Waals surface area contributed by atoms with Crippen molar-refractivity contribution < 1.29 is 0 Å². The Hall–Kier alpha value is -8.16. The molecule has 4 aromatic heterocycles. The largest absolute Gasteiger partial charge is 0.309 e. The summed E-state index contributed by atoms with van der Waals surface area (Å²) in [6.07, 6.45) is 0. The van der Waals surface area contributed by atoms with Gasteiger partial charge in [-0.2, -0.15) is 9.97 Å². The van der Waals surface area contributed by atoms with E-state index in [4.69, 9.17) is 15.0 Å².